The van der Waals surface area contributed by atoms with Crippen molar-refractivity contribution < 1.29 is 19.6 Å². The minimum absolute atomic E-state index is 0.0893. The van der Waals surface area contributed by atoms with Gasteiger partial charge in [0.05, 0.1) is 27.7 Å². The highest BCUT2D eigenvalue weighted by atomic mass is 35.5. The number of halogens is 1. The smallest absolute Gasteiger partial charge is 0.338 e. The fraction of sp³-hybridized carbons (Fsp3) is 0.111. The zero-order valence-electron chi connectivity index (χ0n) is 8.84. The van der Waals surface area contributed by atoms with E-state index in [1.807, 2.05) is 0 Å². The second-order valence-electron chi connectivity index (χ2n) is 3.23. The van der Waals surface area contributed by atoms with Gasteiger partial charge in [-0.2, -0.15) is 0 Å². The van der Waals surface area contributed by atoms with Gasteiger partial charge < -0.3 is 16.2 Å². The van der Waals surface area contributed by atoms with Crippen LogP contribution in [-0.4, -0.2) is 28.5 Å². The van der Waals surface area contributed by atoms with Crippen LogP contribution >= 0.6 is 11.6 Å². The van der Waals surface area contributed by atoms with Crippen molar-refractivity contribution in [2.24, 2.45) is 5.73 Å². The Hall–Kier alpha value is -2.35. The molecule has 0 aliphatic rings. The van der Waals surface area contributed by atoms with Crippen LogP contribution in [0.3, 0.4) is 0 Å². The number of hydrogen-bond donors (Lipinski definition) is 3. The van der Waals surface area contributed by atoms with E-state index < -0.39 is 28.1 Å². The maximum Gasteiger partial charge on any atom is 0.338 e. The second kappa shape index (κ2) is 5.32. The molecular formula is C9H8ClN3O5. The maximum absolute atomic E-state index is 11.0. The Morgan fingerprint density at radius 3 is 2.56 bits per heavy atom. The lowest BCUT2D eigenvalue weighted by atomic mass is 10.1. The summed E-state index contributed by atoms with van der Waals surface area (Å²) >= 11 is 5.72. The minimum Gasteiger partial charge on any atom is -0.478 e. The number of non-ortho nitro benzene ring substituents is 1. The van der Waals surface area contributed by atoms with E-state index in [4.69, 9.17) is 22.4 Å². The van der Waals surface area contributed by atoms with Crippen LogP contribution in [0.2, 0.25) is 5.02 Å². The summed E-state index contributed by atoms with van der Waals surface area (Å²) in [7, 11) is 0. The standard InChI is InChI=1S/C9H8ClN3O5/c10-6-2-4(13(17)18)1-5(9(15)16)8(6)12-3-7(11)14/h1-2,12H,3H2,(H2,11,14)(H,15,16). The van der Waals surface area contributed by atoms with Crippen molar-refractivity contribution in [3.63, 3.8) is 0 Å². The average Bonchev–Trinajstić information content (AvgIpc) is 2.25. The Morgan fingerprint density at radius 2 is 2.11 bits per heavy atom. The van der Waals surface area contributed by atoms with Crippen LogP contribution in [0.5, 0.6) is 0 Å². The molecule has 9 heteroatoms. The number of amides is 1. The van der Waals surface area contributed by atoms with Gasteiger partial charge in [-0.1, -0.05) is 11.6 Å². The molecule has 1 aromatic carbocycles. The van der Waals surface area contributed by atoms with Gasteiger partial charge in [-0.3, -0.25) is 14.9 Å². The number of carboxylic acid groups (broad SMARTS) is 1. The Morgan fingerprint density at radius 1 is 1.50 bits per heavy atom. The molecule has 8 nitrogen and oxygen atoms in total. The third kappa shape index (κ3) is 3.08. The van der Waals surface area contributed by atoms with Gasteiger partial charge in [0.25, 0.3) is 5.69 Å². The number of carboxylic acids is 1. The molecule has 0 radical (unpaired) electrons. The number of rotatable bonds is 5. The SMILES string of the molecule is NC(=O)CNc1c(Cl)cc([N+](=O)[O-])cc1C(=O)O. The number of nitro benzene ring substituents is 1. The van der Waals surface area contributed by atoms with Crippen molar-refractivity contribution >= 4 is 34.9 Å². The Kier molecular flexibility index (Phi) is 4.05. The first kappa shape index (κ1) is 13.7. The number of benzene rings is 1. The summed E-state index contributed by atoms with van der Waals surface area (Å²) in [4.78, 5) is 31.4. The molecule has 0 spiro atoms. The first-order valence-electron chi connectivity index (χ1n) is 4.56. The molecule has 1 amide bonds. The summed E-state index contributed by atoms with van der Waals surface area (Å²) in [5.41, 5.74) is 3.94. The van der Waals surface area contributed by atoms with Crippen LogP contribution in [0.25, 0.3) is 0 Å². The Bertz CT molecular complexity index is 531. The molecule has 1 rings (SSSR count). The highest BCUT2D eigenvalue weighted by Gasteiger charge is 2.20. The van der Waals surface area contributed by atoms with Gasteiger partial charge in [-0.15, -0.1) is 0 Å². The Labute approximate surface area is 105 Å². The van der Waals surface area contributed by atoms with Crippen molar-refractivity contribution in [1.29, 1.82) is 0 Å². The third-order valence-electron chi connectivity index (χ3n) is 1.96. The summed E-state index contributed by atoms with van der Waals surface area (Å²) in [5.74, 6) is -2.13. The van der Waals surface area contributed by atoms with Crippen LogP contribution < -0.4 is 11.1 Å². The van der Waals surface area contributed by atoms with Gasteiger partial charge in [-0.25, -0.2) is 4.79 Å². The summed E-state index contributed by atoms with van der Waals surface area (Å²) in [5, 5.41) is 21.7. The van der Waals surface area contributed by atoms with E-state index in [0.29, 0.717) is 0 Å². The molecule has 0 fully saturated rings. The van der Waals surface area contributed by atoms with E-state index in [0.717, 1.165) is 12.1 Å². The lowest BCUT2D eigenvalue weighted by molar-refractivity contribution is -0.384. The van der Waals surface area contributed by atoms with E-state index in [1.165, 1.54) is 0 Å². The molecular weight excluding hydrogens is 266 g/mol. The van der Waals surface area contributed by atoms with Gasteiger partial charge in [0.1, 0.15) is 0 Å². The zero-order valence-corrected chi connectivity index (χ0v) is 9.60. The molecule has 96 valence electrons. The number of nitro groups is 1. The van der Waals surface area contributed by atoms with Crippen molar-refractivity contribution in [1.82, 2.24) is 0 Å². The monoisotopic (exact) mass is 273 g/mol. The van der Waals surface area contributed by atoms with Crippen LogP contribution in [0.1, 0.15) is 10.4 Å². The lowest BCUT2D eigenvalue weighted by Gasteiger charge is -2.09. The molecule has 1 aromatic rings. The van der Waals surface area contributed by atoms with E-state index >= 15 is 0 Å². The van der Waals surface area contributed by atoms with Gasteiger partial charge in [0, 0.05) is 12.1 Å². The molecule has 0 unspecified atom stereocenters. The molecule has 0 bridgehead atoms. The molecule has 18 heavy (non-hydrogen) atoms. The first-order valence-corrected chi connectivity index (χ1v) is 4.94. The largest absolute Gasteiger partial charge is 0.478 e. The summed E-state index contributed by atoms with van der Waals surface area (Å²) in [6.45, 7) is -0.336. The molecule has 0 aliphatic carbocycles. The second-order valence-corrected chi connectivity index (χ2v) is 3.64. The normalized spacial score (nSPS) is 9.83. The van der Waals surface area contributed by atoms with Crippen LogP contribution in [0.15, 0.2) is 12.1 Å². The van der Waals surface area contributed by atoms with E-state index in [2.05, 4.69) is 5.32 Å². The number of anilines is 1. The number of carbonyl (C=O) groups is 2. The van der Waals surface area contributed by atoms with Crippen molar-refractivity contribution in [2.45, 2.75) is 0 Å². The predicted octanol–water partition coefficient (Wildman–Crippen LogP) is 0.844. The fourth-order valence-electron chi connectivity index (χ4n) is 1.22. The molecule has 0 aliphatic heterocycles. The van der Waals surface area contributed by atoms with Crippen LogP contribution in [-0.2, 0) is 4.79 Å². The average molecular weight is 274 g/mol. The van der Waals surface area contributed by atoms with E-state index in [1.54, 1.807) is 0 Å². The van der Waals surface area contributed by atoms with Gasteiger partial charge in [0.15, 0.2) is 0 Å². The number of primary amides is 1. The maximum atomic E-state index is 11.0. The number of nitrogens with zero attached hydrogens (tertiary/aromatic N) is 1. The molecule has 0 saturated heterocycles. The van der Waals surface area contributed by atoms with Crippen LogP contribution in [0.4, 0.5) is 11.4 Å². The summed E-state index contributed by atoms with van der Waals surface area (Å²) < 4.78 is 0. The Balaban J connectivity index is 3.27. The topological polar surface area (TPSA) is 136 Å². The minimum atomic E-state index is -1.41. The zero-order chi connectivity index (χ0) is 13.9. The number of carbonyl (C=O) groups excluding carboxylic acids is 1. The highest BCUT2D eigenvalue weighted by Crippen LogP contribution is 2.31. The highest BCUT2D eigenvalue weighted by molar-refractivity contribution is 6.34. The van der Waals surface area contributed by atoms with Gasteiger partial charge in [0.2, 0.25) is 5.91 Å². The van der Waals surface area contributed by atoms with Crippen molar-refractivity contribution in [3.05, 3.63) is 32.8 Å². The van der Waals surface area contributed by atoms with Gasteiger partial charge in [-0.05, 0) is 0 Å². The fourth-order valence-corrected chi connectivity index (χ4v) is 1.50. The number of nitrogens with one attached hydrogen (secondary N) is 1. The number of aromatic carboxylic acids is 1. The lowest BCUT2D eigenvalue weighted by Crippen LogP contribution is -2.23. The van der Waals surface area contributed by atoms with Crippen molar-refractivity contribution in [2.75, 3.05) is 11.9 Å². The van der Waals surface area contributed by atoms with E-state index in [9.17, 15) is 19.7 Å². The van der Waals surface area contributed by atoms with E-state index in [-0.39, 0.29) is 17.3 Å². The van der Waals surface area contributed by atoms with Crippen LogP contribution in [0, 0.1) is 10.1 Å². The quantitative estimate of drug-likeness (QED) is 0.537. The molecule has 0 saturated carbocycles. The first-order chi connectivity index (χ1) is 8.32. The molecule has 0 aromatic heterocycles. The van der Waals surface area contributed by atoms with Gasteiger partial charge >= 0.3 is 5.97 Å². The molecule has 0 atom stereocenters. The number of hydrogen-bond acceptors (Lipinski definition) is 5. The summed E-state index contributed by atoms with van der Waals surface area (Å²) in [6, 6.07) is 1.83. The third-order valence-corrected chi connectivity index (χ3v) is 2.25. The van der Waals surface area contributed by atoms with Crippen molar-refractivity contribution in [3.8, 4) is 0 Å². The number of nitrogens with two attached hydrogens (primary N) is 1. The molecule has 4 N–H and O–H groups in total. The molecule has 0 heterocycles. The summed E-state index contributed by atoms with van der Waals surface area (Å²) in [6.07, 6.45) is 0. The predicted molar refractivity (Wildman–Crippen MR) is 62.7 cm³/mol.